The minimum atomic E-state index is -1.05. The van der Waals surface area contributed by atoms with Crippen LogP contribution in [0.1, 0.15) is 24.5 Å². The lowest BCUT2D eigenvalue weighted by molar-refractivity contribution is 0.200. The fraction of sp³-hybridized carbons (Fsp3) is 0.429. The average molecular weight is 355 g/mol. The van der Waals surface area contributed by atoms with Gasteiger partial charge in [-0.3, -0.25) is 10.3 Å². The molecule has 0 saturated carbocycles. The van der Waals surface area contributed by atoms with Gasteiger partial charge in [0.25, 0.3) is 0 Å². The molecule has 1 aromatic carbocycles. The Morgan fingerprint density at radius 3 is 3.15 bits per heavy atom. The van der Waals surface area contributed by atoms with Crippen LogP contribution in [0.15, 0.2) is 27.7 Å². The van der Waals surface area contributed by atoms with Crippen LogP contribution in [0.5, 0.6) is 0 Å². The molecule has 1 amide bonds. The first-order valence-electron chi connectivity index (χ1n) is 6.50. The van der Waals surface area contributed by atoms with Crippen LogP contribution in [-0.4, -0.2) is 22.1 Å². The van der Waals surface area contributed by atoms with Crippen LogP contribution in [0.2, 0.25) is 0 Å². The molecule has 0 aromatic heterocycles. The molecular weight excluding hydrogens is 340 g/mol. The molecule has 1 aliphatic heterocycles. The maximum atomic E-state index is 10.8. The highest BCUT2D eigenvalue weighted by Gasteiger charge is 2.43. The van der Waals surface area contributed by atoms with Crippen LogP contribution in [0.4, 0.5) is 4.79 Å². The molecule has 0 radical (unpaired) electrons. The molecule has 106 valence electrons. The number of hydrogen-bond acceptors (Lipinski definition) is 3. The van der Waals surface area contributed by atoms with Gasteiger partial charge in [-0.05, 0) is 48.9 Å². The number of amides is 1. The van der Waals surface area contributed by atoms with Gasteiger partial charge in [0.05, 0.1) is 5.54 Å². The van der Waals surface area contributed by atoms with E-state index in [0.717, 1.165) is 23.1 Å². The molecule has 20 heavy (non-hydrogen) atoms. The molecule has 0 fully saturated rings. The van der Waals surface area contributed by atoms with Gasteiger partial charge in [-0.15, -0.1) is 0 Å². The van der Waals surface area contributed by atoms with Crippen molar-refractivity contribution in [2.75, 3.05) is 5.75 Å². The molecule has 1 aliphatic carbocycles. The summed E-state index contributed by atoms with van der Waals surface area (Å²) in [7, 11) is 0. The minimum absolute atomic E-state index is 0.333. The van der Waals surface area contributed by atoms with Crippen molar-refractivity contribution in [1.29, 1.82) is 0 Å². The average Bonchev–Trinajstić information content (AvgIpc) is 2.38. The van der Waals surface area contributed by atoms with Crippen molar-refractivity contribution >= 4 is 39.0 Å². The van der Waals surface area contributed by atoms with Crippen molar-refractivity contribution in [3.8, 4) is 0 Å². The summed E-state index contributed by atoms with van der Waals surface area (Å²) in [6.45, 7) is 2.12. The minimum Gasteiger partial charge on any atom is -0.465 e. The van der Waals surface area contributed by atoms with Crippen molar-refractivity contribution in [2.24, 2.45) is 10.9 Å². The first-order valence-corrected chi connectivity index (χ1v) is 8.28. The van der Waals surface area contributed by atoms with Gasteiger partial charge in [0, 0.05) is 10.2 Å². The first kappa shape index (κ1) is 13.9. The summed E-state index contributed by atoms with van der Waals surface area (Å²) in [5, 5.41) is 11.8. The zero-order valence-corrected chi connectivity index (χ0v) is 13.4. The van der Waals surface area contributed by atoms with E-state index in [0.29, 0.717) is 11.1 Å². The monoisotopic (exact) mass is 354 g/mol. The van der Waals surface area contributed by atoms with E-state index in [1.807, 2.05) is 0 Å². The number of carboxylic acid groups (broad SMARTS) is 1. The fourth-order valence-electron chi connectivity index (χ4n) is 3.04. The van der Waals surface area contributed by atoms with E-state index in [1.165, 1.54) is 22.9 Å². The van der Waals surface area contributed by atoms with Gasteiger partial charge in [0.2, 0.25) is 0 Å². The maximum absolute atomic E-state index is 10.8. The zero-order chi connectivity index (χ0) is 14.3. The summed E-state index contributed by atoms with van der Waals surface area (Å²) in [6.07, 6.45) is 1.12. The first-order chi connectivity index (χ1) is 9.49. The predicted octanol–water partition coefficient (Wildman–Crippen LogP) is 3.60. The van der Waals surface area contributed by atoms with E-state index in [2.05, 4.69) is 46.4 Å². The summed E-state index contributed by atoms with van der Waals surface area (Å²) in [5.74, 6) is 1.36. The number of thioether (sulfide) groups is 1. The lowest BCUT2D eigenvalue weighted by Gasteiger charge is -2.43. The number of halogens is 1. The molecule has 1 aromatic rings. The van der Waals surface area contributed by atoms with Crippen LogP contribution < -0.4 is 5.32 Å². The summed E-state index contributed by atoms with van der Waals surface area (Å²) in [6, 6.07) is 6.32. The van der Waals surface area contributed by atoms with Crippen molar-refractivity contribution in [3.63, 3.8) is 0 Å². The highest BCUT2D eigenvalue weighted by molar-refractivity contribution is 9.10. The third-order valence-corrected chi connectivity index (χ3v) is 5.67. The number of amidine groups is 1. The molecule has 0 spiro atoms. The largest absolute Gasteiger partial charge is 0.465 e. The van der Waals surface area contributed by atoms with Crippen molar-refractivity contribution < 1.29 is 9.90 Å². The SMILES string of the molecule is C[C@]12N=C(NC(=O)O)SC[C@H]1CCc1ccc(Br)cc12. The van der Waals surface area contributed by atoms with Crippen molar-refractivity contribution in [2.45, 2.75) is 25.3 Å². The van der Waals surface area contributed by atoms with Crippen LogP contribution in [0, 0.1) is 5.92 Å². The number of rotatable bonds is 0. The van der Waals surface area contributed by atoms with E-state index in [4.69, 9.17) is 10.1 Å². The summed E-state index contributed by atoms with van der Waals surface area (Å²) in [5.41, 5.74) is 2.20. The van der Waals surface area contributed by atoms with Crippen LogP contribution in [0.25, 0.3) is 0 Å². The smallest absolute Gasteiger partial charge is 0.410 e. The number of carbonyl (C=O) groups is 1. The quantitative estimate of drug-likeness (QED) is 0.748. The molecule has 6 heteroatoms. The van der Waals surface area contributed by atoms with E-state index >= 15 is 0 Å². The van der Waals surface area contributed by atoms with Crippen molar-refractivity contribution in [3.05, 3.63) is 33.8 Å². The Balaban J connectivity index is 2.07. The molecule has 0 bridgehead atoms. The summed E-state index contributed by atoms with van der Waals surface area (Å²) >= 11 is 5.02. The number of nitrogens with one attached hydrogen (secondary N) is 1. The van der Waals surface area contributed by atoms with Gasteiger partial charge in [0.15, 0.2) is 5.17 Å². The Bertz CT molecular complexity index is 605. The fourth-order valence-corrected chi connectivity index (χ4v) is 4.67. The molecule has 2 N–H and O–H groups in total. The third kappa shape index (κ3) is 2.35. The topological polar surface area (TPSA) is 61.7 Å². The highest BCUT2D eigenvalue weighted by Crippen LogP contribution is 2.47. The Morgan fingerprint density at radius 2 is 2.40 bits per heavy atom. The number of fused-ring (bicyclic) bond motifs is 3. The number of hydrogen-bond donors (Lipinski definition) is 2. The van der Waals surface area contributed by atoms with Gasteiger partial charge in [-0.25, -0.2) is 4.79 Å². The van der Waals surface area contributed by atoms with E-state index < -0.39 is 6.09 Å². The van der Waals surface area contributed by atoms with Crippen LogP contribution in [0.3, 0.4) is 0 Å². The second kappa shape index (κ2) is 5.07. The molecule has 2 atom stereocenters. The van der Waals surface area contributed by atoms with E-state index in [1.54, 1.807) is 0 Å². The number of nitrogens with zero attached hydrogens (tertiary/aromatic N) is 1. The number of benzene rings is 1. The van der Waals surface area contributed by atoms with E-state index in [9.17, 15) is 4.79 Å². The normalized spacial score (nSPS) is 28.1. The number of aryl methyl sites for hydroxylation is 1. The molecule has 4 nitrogen and oxygen atoms in total. The highest BCUT2D eigenvalue weighted by atomic mass is 79.9. The van der Waals surface area contributed by atoms with Gasteiger partial charge in [-0.2, -0.15) is 0 Å². The van der Waals surface area contributed by atoms with Gasteiger partial charge < -0.3 is 5.11 Å². The van der Waals surface area contributed by atoms with E-state index in [-0.39, 0.29) is 5.54 Å². The summed E-state index contributed by atoms with van der Waals surface area (Å²) < 4.78 is 1.04. The standard InChI is InChI=1S/C14H15BrN2O2S/c1-14-9(7-20-12(17-14)16-13(18)19)4-2-8-3-5-10(15)6-11(8)14/h3,5-6,9H,2,4,7H2,1H3,(H,16,17)(H,18,19)/t9-,14+/m1/s1. The Kier molecular flexibility index (Phi) is 3.54. The third-order valence-electron chi connectivity index (χ3n) is 4.14. The lowest BCUT2D eigenvalue weighted by atomic mass is 9.71. The summed E-state index contributed by atoms with van der Waals surface area (Å²) in [4.78, 5) is 15.5. The molecule has 0 unspecified atom stereocenters. The number of aliphatic imine (C=N–C) groups is 1. The Morgan fingerprint density at radius 1 is 1.60 bits per heavy atom. The van der Waals surface area contributed by atoms with Gasteiger partial charge >= 0.3 is 6.09 Å². The maximum Gasteiger partial charge on any atom is 0.410 e. The predicted molar refractivity (Wildman–Crippen MR) is 84.4 cm³/mol. The van der Waals surface area contributed by atoms with Crippen molar-refractivity contribution in [1.82, 2.24) is 5.32 Å². The Hall–Kier alpha value is -1.01. The van der Waals surface area contributed by atoms with Gasteiger partial charge in [0.1, 0.15) is 0 Å². The molecule has 3 rings (SSSR count). The zero-order valence-electron chi connectivity index (χ0n) is 11.0. The molecule has 0 saturated heterocycles. The molecule has 1 heterocycles. The van der Waals surface area contributed by atoms with Gasteiger partial charge in [-0.1, -0.05) is 33.8 Å². The molecular formula is C14H15BrN2O2S. The molecule has 2 aliphatic rings. The van der Waals surface area contributed by atoms with Crippen LogP contribution >= 0.6 is 27.7 Å². The van der Waals surface area contributed by atoms with Crippen LogP contribution in [-0.2, 0) is 12.0 Å². The Labute approximate surface area is 130 Å². The second-order valence-electron chi connectivity index (χ2n) is 5.34. The second-order valence-corrected chi connectivity index (χ2v) is 7.27. The lowest BCUT2D eigenvalue weighted by Crippen LogP contribution is -2.43.